The SMILES string of the molecule is CC#C[C@@H](CC(=O)O)c1ccc(OCc2ccc3c(c2)C[C@@H](C2=CC(C)C(Cl)C=C2)O3)cc1. The summed E-state index contributed by atoms with van der Waals surface area (Å²) in [5.41, 5.74) is 4.31. The van der Waals surface area contributed by atoms with Crippen LogP contribution in [0.25, 0.3) is 0 Å². The van der Waals surface area contributed by atoms with Crippen LogP contribution in [-0.2, 0) is 17.8 Å². The van der Waals surface area contributed by atoms with Gasteiger partial charge in [0.05, 0.1) is 17.7 Å². The van der Waals surface area contributed by atoms with Crippen LogP contribution in [0.1, 0.15) is 42.9 Å². The minimum absolute atomic E-state index is 0.0166. The second-order valence-electron chi connectivity index (χ2n) is 8.48. The summed E-state index contributed by atoms with van der Waals surface area (Å²) in [6, 6.07) is 13.7. The smallest absolute Gasteiger partial charge is 0.304 e. The Morgan fingerprint density at radius 2 is 2.06 bits per heavy atom. The molecule has 0 fully saturated rings. The average molecular weight is 463 g/mol. The molecule has 1 N–H and O–H groups in total. The number of carbonyl (C=O) groups is 1. The number of rotatable bonds is 7. The summed E-state index contributed by atoms with van der Waals surface area (Å²) in [4.78, 5) is 11.1. The van der Waals surface area contributed by atoms with Crippen molar-refractivity contribution in [3.8, 4) is 23.3 Å². The Labute approximate surface area is 199 Å². The van der Waals surface area contributed by atoms with Gasteiger partial charge < -0.3 is 14.6 Å². The molecule has 0 aromatic heterocycles. The zero-order valence-corrected chi connectivity index (χ0v) is 19.5. The number of fused-ring (bicyclic) bond motifs is 1. The van der Waals surface area contributed by atoms with Crippen LogP contribution in [0.15, 0.2) is 66.3 Å². The van der Waals surface area contributed by atoms with E-state index in [4.69, 9.17) is 26.2 Å². The van der Waals surface area contributed by atoms with E-state index < -0.39 is 5.97 Å². The Hall–Kier alpha value is -3.16. The lowest BCUT2D eigenvalue weighted by atomic mass is 9.92. The maximum absolute atomic E-state index is 11.1. The second kappa shape index (κ2) is 10.2. The first-order valence-electron chi connectivity index (χ1n) is 11.1. The molecule has 1 heterocycles. The van der Waals surface area contributed by atoms with Crippen LogP contribution in [0.5, 0.6) is 11.5 Å². The minimum atomic E-state index is -0.862. The van der Waals surface area contributed by atoms with E-state index in [9.17, 15) is 4.79 Å². The fourth-order valence-electron chi connectivity index (χ4n) is 4.19. The van der Waals surface area contributed by atoms with Gasteiger partial charge in [-0.1, -0.05) is 49.3 Å². The summed E-state index contributed by atoms with van der Waals surface area (Å²) >= 11 is 6.28. The van der Waals surface area contributed by atoms with Gasteiger partial charge in [-0.2, -0.15) is 0 Å². The standard InChI is InChI=1S/C28H27ClO4/c1-3-4-21(16-28(30)31)20-6-9-24(10-7-20)32-17-19-5-12-26-23(14-19)15-27(33-26)22-8-11-25(29)18(2)13-22/h5-14,18,21,25,27H,15-17H2,1-2H3,(H,30,31)/t18?,21-,25?,27-/m0/s1. The molecule has 170 valence electrons. The Kier molecular flexibility index (Phi) is 7.11. The number of benzene rings is 2. The quantitative estimate of drug-likeness (QED) is 0.411. The fraction of sp³-hybridized carbons (Fsp3) is 0.321. The first-order valence-corrected chi connectivity index (χ1v) is 11.6. The van der Waals surface area contributed by atoms with Gasteiger partial charge in [0.25, 0.3) is 0 Å². The number of ether oxygens (including phenoxy) is 2. The minimum Gasteiger partial charge on any atom is -0.489 e. The molecule has 4 atom stereocenters. The summed E-state index contributed by atoms with van der Waals surface area (Å²) in [7, 11) is 0. The van der Waals surface area contributed by atoms with Crippen molar-refractivity contribution in [1.29, 1.82) is 0 Å². The first kappa shape index (κ1) is 23.0. The average Bonchev–Trinajstić information content (AvgIpc) is 3.23. The number of hydrogen-bond donors (Lipinski definition) is 1. The van der Waals surface area contributed by atoms with Crippen molar-refractivity contribution in [3.05, 3.63) is 83.0 Å². The Morgan fingerprint density at radius 3 is 2.76 bits per heavy atom. The number of hydrogen-bond acceptors (Lipinski definition) is 3. The molecule has 33 heavy (non-hydrogen) atoms. The molecule has 5 heteroatoms. The number of carboxylic acids is 1. The van der Waals surface area contributed by atoms with Crippen molar-refractivity contribution < 1.29 is 19.4 Å². The first-order chi connectivity index (χ1) is 15.9. The van der Waals surface area contributed by atoms with Crippen LogP contribution in [-0.4, -0.2) is 22.6 Å². The molecule has 1 aliphatic carbocycles. The highest BCUT2D eigenvalue weighted by atomic mass is 35.5. The molecule has 1 aliphatic heterocycles. The van der Waals surface area contributed by atoms with Crippen molar-refractivity contribution in [1.82, 2.24) is 0 Å². The maximum atomic E-state index is 11.1. The number of carboxylic acid groups (broad SMARTS) is 1. The van der Waals surface area contributed by atoms with E-state index in [-0.39, 0.29) is 23.8 Å². The van der Waals surface area contributed by atoms with E-state index in [0.29, 0.717) is 12.5 Å². The summed E-state index contributed by atoms with van der Waals surface area (Å²) in [6.07, 6.45) is 7.16. The molecule has 0 saturated heterocycles. The van der Waals surface area contributed by atoms with Crippen LogP contribution in [0.2, 0.25) is 0 Å². The van der Waals surface area contributed by atoms with E-state index in [1.54, 1.807) is 6.92 Å². The summed E-state index contributed by atoms with van der Waals surface area (Å²) in [5.74, 6) is 6.54. The molecular weight excluding hydrogens is 436 g/mol. The predicted molar refractivity (Wildman–Crippen MR) is 130 cm³/mol. The third-order valence-electron chi connectivity index (χ3n) is 5.99. The monoisotopic (exact) mass is 462 g/mol. The van der Waals surface area contributed by atoms with Gasteiger partial charge >= 0.3 is 5.97 Å². The Balaban J connectivity index is 1.37. The van der Waals surface area contributed by atoms with Crippen molar-refractivity contribution in [3.63, 3.8) is 0 Å². The van der Waals surface area contributed by atoms with E-state index in [1.807, 2.05) is 42.5 Å². The zero-order chi connectivity index (χ0) is 23.4. The summed E-state index contributed by atoms with van der Waals surface area (Å²) in [6.45, 7) is 4.28. The highest BCUT2D eigenvalue weighted by Gasteiger charge is 2.27. The van der Waals surface area contributed by atoms with Gasteiger partial charge in [0.2, 0.25) is 0 Å². The normalized spacial score (nSPS) is 21.8. The van der Waals surface area contributed by atoms with Gasteiger partial charge in [0.1, 0.15) is 24.2 Å². The highest BCUT2D eigenvalue weighted by molar-refractivity contribution is 6.22. The van der Waals surface area contributed by atoms with Crippen LogP contribution >= 0.6 is 11.6 Å². The lowest BCUT2D eigenvalue weighted by molar-refractivity contribution is -0.137. The topological polar surface area (TPSA) is 55.8 Å². The predicted octanol–water partition coefficient (Wildman–Crippen LogP) is 5.89. The lowest BCUT2D eigenvalue weighted by Crippen LogP contribution is -2.20. The van der Waals surface area contributed by atoms with Crippen molar-refractivity contribution in [2.45, 2.75) is 50.7 Å². The van der Waals surface area contributed by atoms with Gasteiger partial charge in [-0.3, -0.25) is 4.79 Å². The second-order valence-corrected chi connectivity index (χ2v) is 8.99. The molecule has 0 saturated carbocycles. The number of alkyl halides is 1. The molecule has 0 radical (unpaired) electrons. The molecule has 2 aliphatic rings. The van der Waals surface area contributed by atoms with Gasteiger partial charge in [-0.15, -0.1) is 17.5 Å². The van der Waals surface area contributed by atoms with Gasteiger partial charge in [0, 0.05) is 6.42 Å². The largest absolute Gasteiger partial charge is 0.489 e. The zero-order valence-electron chi connectivity index (χ0n) is 18.8. The third-order valence-corrected chi connectivity index (χ3v) is 6.53. The molecule has 0 bridgehead atoms. The van der Waals surface area contributed by atoms with Gasteiger partial charge in [-0.25, -0.2) is 0 Å². The maximum Gasteiger partial charge on any atom is 0.304 e. The lowest BCUT2D eigenvalue weighted by Gasteiger charge is -2.21. The molecule has 2 unspecified atom stereocenters. The van der Waals surface area contributed by atoms with Crippen LogP contribution < -0.4 is 9.47 Å². The number of halogens is 1. The van der Waals surface area contributed by atoms with E-state index >= 15 is 0 Å². The Bertz CT molecular complexity index is 1140. The van der Waals surface area contributed by atoms with Crippen LogP contribution in [0.4, 0.5) is 0 Å². The van der Waals surface area contributed by atoms with E-state index in [2.05, 4.69) is 37.0 Å². The van der Waals surface area contributed by atoms with Crippen molar-refractivity contribution in [2.24, 2.45) is 5.92 Å². The third kappa shape index (κ3) is 5.61. The van der Waals surface area contributed by atoms with Crippen LogP contribution in [0.3, 0.4) is 0 Å². The van der Waals surface area contributed by atoms with Gasteiger partial charge in [0.15, 0.2) is 0 Å². The number of allylic oxidation sites excluding steroid dienone is 2. The van der Waals surface area contributed by atoms with Gasteiger partial charge in [-0.05, 0) is 59.4 Å². The molecule has 2 aromatic rings. The van der Waals surface area contributed by atoms with E-state index in [1.165, 1.54) is 11.1 Å². The molecule has 4 nitrogen and oxygen atoms in total. The Morgan fingerprint density at radius 1 is 1.27 bits per heavy atom. The summed E-state index contributed by atoms with van der Waals surface area (Å²) in [5, 5.41) is 9.14. The highest BCUT2D eigenvalue weighted by Crippen LogP contribution is 2.35. The van der Waals surface area contributed by atoms with Crippen molar-refractivity contribution >= 4 is 17.6 Å². The fourth-order valence-corrected chi connectivity index (χ4v) is 4.33. The molecular formula is C28H27ClO4. The number of aliphatic carboxylic acids is 1. The molecule has 2 aromatic carbocycles. The van der Waals surface area contributed by atoms with Crippen LogP contribution in [0, 0.1) is 17.8 Å². The molecule has 0 amide bonds. The molecule has 4 rings (SSSR count). The van der Waals surface area contributed by atoms with Crippen molar-refractivity contribution in [2.75, 3.05) is 0 Å². The summed E-state index contributed by atoms with van der Waals surface area (Å²) < 4.78 is 12.1. The van der Waals surface area contributed by atoms with E-state index in [0.717, 1.165) is 29.0 Å². The molecule has 0 spiro atoms.